The molecule has 1 heterocycles. The second kappa shape index (κ2) is 3.18. The van der Waals surface area contributed by atoms with Gasteiger partial charge in [-0.05, 0) is 19.8 Å². The molecule has 0 unspecified atom stereocenters. The molecule has 1 saturated carbocycles. The lowest BCUT2D eigenvalue weighted by Gasteiger charge is -1.95. The Morgan fingerprint density at radius 3 is 2.64 bits per heavy atom. The number of anilines is 1. The fourth-order valence-electron chi connectivity index (χ4n) is 1.11. The van der Waals surface area contributed by atoms with Crippen LogP contribution < -0.4 is 10.5 Å². The highest BCUT2D eigenvalue weighted by molar-refractivity contribution is 7.91. The van der Waals surface area contributed by atoms with Crippen molar-refractivity contribution in [3.63, 3.8) is 0 Å². The van der Waals surface area contributed by atoms with Crippen molar-refractivity contribution in [2.24, 2.45) is 5.14 Å². The molecular formula is C7H11N3O2S2. The van der Waals surface area contributed by atoms with E-state index in [4.69, 9.17) is 5.14 Å². The molecule has 5 nitrogen and oxygen atoms in total. The summed E-state index contributed by atoms with van der Waals surface area (Å²) in [6.07, 6.45) is 2.26. The van der Waals surface area contributed by atoms with Crippen molar-refractivity contribution < 1.29 is 8.42 Å². The lowest BCUT2D eigenvalue weighted by molar-refractivity contribution is 0.599. The third-order valence-electron chi connectivity index (χ3n) is 1.92. The first-order chi connectivity index (χ1) is 6.47. The maximum atomic E-state index is 11.1. The molecule has 1 aromatic heterocycles. The molecule has 1 aromatic rings. The van der Waals surface area contributed by atoms with Crippen molar-refractivity contribution in [1.82, 2.24) is 4.98 Å². The van der Waals surface area contributed by atoms with E-state index in [2.05, 4.69) is 10.3 Å². The van der Waals surface area contributed by atoms with E-state index in [9.17, 15) is 8.42 Å². The topological polar surface area (TPSA) is 85.1 Å². The van der Waals surface area contributed by atoms with Crippen molar-refractivity contribution in [2.45, 2.75) is 30.0 Å². The third-order valence-corrected chi connectivity index (χ3v) is 4.56. The van der Waals surface area contributed by atoms with Crippen molar-refractivity contribution in [3.8, 4) is 0 Å². The number of primary sulfonamides is 1. The summed E-state index contributed by atoms with van der Waals surface area (Å²) in [5, 5.41) is 8.82. The quantitative estimate of drug-likeness (QED) is 0.803. The maximum Gasteiger partial charge on any atom is 0.249 e. The minimum Gasteiger partial charge on any atom is -0.359 e. The Morgan fingerprint density at radius 2 is 2.21 bits per heavy atom. The van der Waals surface area contributed by atoms with Crippen molar-refractivity contribution in [3.05, 3.63) is 5.69 Å². The number of hydrogen-bond acceptors (Lipinski definition) is 5. The van der Waals surface area contributed by atoms with E-state index in [1.807, 2.05) is 0 Å². The molecule has 78 valence electrons. The van der Waals surface area contributed by atoms with Crippen LogP contribution in [0, 0.1) is 6.92 Å². The van der Waals surface area contributed by atoms with E-state index in [1.165, 1.54) is 0 Å². The molecular weight excluding hydrogens is 222 g/mol. The van der Waals surface area contributed by atoms with Gasteiger partial charge in [0.15, 0.2) is 9.34 Å². The van der Waals surface area contributed by atoms with Gasteiger partial charge in [0.2, 0.25) is 10.0 Å². The summed E-state index contributed by atoms with van der Waals surface area (Å²) in [6.45, 7) is 1.65. The van der Waals surface area contributed by atoms with Gasteiger partial charge in [-0.25, -0.2) is 18.5 Å². The van der Waals surface area contributed by atoms with Crippen molar-refractivity contribution in [2.75, 3.05) is 5.32 Å². The normalized spacial score (nSPS) is 17.0. The van der Waals surface area contributed by atoms with Crippen LogP contribution in [0.25, 0.3) is 0 Å². The molecule has 0 amide bonds. The summed E-state index contributed by atoms with van der Waals surface area (Å²) in [6, 6.07) is 0.467. The van der Waals surface area contributed by atoms with Crippen LogP contribution in [0.15, 0.2) is 4.21 Å². The average molecular weight is 233 g/mol. The molecule has 0 radical (unpaired) electrons. The highest BCUT2D eigenvalue weighted by Gasteiger charge is 2.24. The van der Waals surface area contributed by atoms with Gasteiger partial charge in [0.25, 0.3) is 0 Å². The van der Waals surface area contributed by atoms with Crippen LogP contribution in [0.4, 0.5) is 5.13 Å². The Balaban J connectivity index is 2.28. The summed E-state index contributed by atoms with van der Waals surface area (Å²) >= 11 is 1.10. The van der Waals surface area contributed by atoms with E-state index in [0.29, 0.717) is 16.9 Å². The van der Waals surface area contributed by atoms with E-state index in [1.54, 1.807) is 6.92 Å². The predicted octanol–water partition coefficient (Wildman–Crippen LogP) is 0.673. The summed E-state index contributed by atoms with van der Waals surface area (Å²) in [5.41, 5.74) is 0.473. The van der Waals surface area contributed by atoms with Gasteiger partial charge < -0.3 is 5.32 Å². The van der Waals surface area contributed by atoms with E-state index in [-0.39, 0.29) is 4.21 Å². The molecule has 0 aromatic carbocycles. The summed E-state index contributed by atoms with van der Waals surface area (Å²) in [5.74, 6) is 0. The number of aryl methyl sites for hydroxylation is 1. The zero-order valence-corrected chi connectivity index (χ0v) is 9.28. The van der Waals surface area contributed by atoms with Crippen LogP contribution in [-0.2, 0) is 10.0 Å². The minimum atomic E-state index is -3.61. The molecule has 1 aliphatic carbocycles. The van der Waals surface area contributed by atoms with Gasteiger partial charge in [0.05, 0.1) is 5.69 Å². The first-order valence-corrected chi connectivity index (χ1v) is 6.60. The first-order valence-electron chi connectivity index (χ1n) is 4.23. The number of thiazole rings is 1. The van der Waals surface area contributed by atoms with Crippen LogP contribution in [0.1, 0.15) is 18.5 Å². The zero-order valence-electron chi connectivity index (χ0n) is 7.65. The summed E-state index contributed by atoms with van der Waals surface area (Å²) < 4.78 is 22.3. The zero-order chi connectivity index (χ0) is 10.3. The molecule has 0 spiro atoms. The number of sulfonamides is 1. The second-order valence-electron chi connectivity index (χ2n) is 3.36. The van der Waals surface area contributed by atoms with E-state index >= 15 is 0 Å². The molecule has 3 N–H and O–H groups in total. The largest absolute Gasteiger partial charge is 0.359 e. The van der Waals surface area contributed by atoms with Crippen LogP contribution >= 0.6 is 11.3 Å². The Hall–Kier alpha value is -0.660. The van der Waals surface area contributed by atoms with E-state index < -0.39 is 10.0 Å². The number of nitrogens with zero attached hydrogens (tertiary/aromatic N) is 1. The van der Waals surface area contributed by atoms with Crippen molar-refractivity contribution >= 4 is 26.5 Å². The molecule has 0 saturated heterocycles. The Labute approximate surface area is 86.4 Å². The number of rotatable bonds is 3. The standard InChI is InChI=1S/C7H11N3O2S2/c1-4-6(14(8,11)12)13-7(9-4)10-5-2-3-5/h5H,2-3H2,1H3,(H,9,10)(H2,8,11,12). The van der Waals surface area contributed by atoms with Crippen LogP contribution in [0.2, 0.25) is 0 Å². The molecule has 0 bridgehead atoms. The first kappa shape index (κ1) is 9.88. The smallest absolute Gasteiger partial charge is 0.249 e. The second-order valence-corrected chi connectivity index (χ2v) is 6.11. The molecule has 7 heteroatoms. The Bertz CT molecular complexity index is 448. The van der Waals surface area contributed by atoms with Gasteiger partial charge in [-0.15, -0.1) is 0 Å². The fourth-order valence-corrected chi connectivity index (χ4v) is 3.05. The van der Waals surface area contributed by atoms with Crippen LogP contribution in [0.5, 0.6) is 0 Å². The molecule has 1 fully saturated rings. The van der Waals surface area contributed by atoms with E-state index in [0.717, 1.165) is 24.2 Å². The highest BCUT2D eigenvalue weighted by atomic mass is 32.2. The average Bonchev–Trinajstić information content (AvgIpc) is 2.73. The predicted molar refractivity (Wildman–Crippen MR) is 54.9 cm³/mol. The molecule has 0 atom stereocenters. The fraction of sp³-hybridized carbons (Fsp3) is 0.571. The number of nitrogens with two attached hydrogens (primary N) is 1. The van der Waals surface area contributed by atoms with Gasteiger partial charge in [-0.2, -0.15) is 0 Å². The number of hydrogen-bond donors (Lipinski definition) is 2. The lowest BCUT2D eigenvalue weighted by Crippen LogP contribution is -2.11. The number of nitrogens with one attached hydrogen (secondary N) is 1. The van der Waals surface area contributed by atoms with Crippen molar-refractivity contribution in [1.29, 1.82) is 0 Å². The molecule has 0 aliphatic heterocycles. The highest BCUT2D eigenvalue weighted by Crippen LogP contribution is 2.30. The van der Waals surface area contributed by atoms with Gasteiger partial charge in [-0.1, -0.05) is 11.3 Å². The summed E-state index contributed by atoms with van der Waals surface area (Å²) in [4.78, 5) is 4.11. The molecule has 2 rings (SSSR count). The number of aromatic nitrogens is 1. The van der Waals surface area contributed by atoms with Gasteiger partial charge >= 0.3 is 0 Å². The van der Waals surface area contributed by atoms with Crippen LogP contribution in [-0.4, -0.2) is 19.4 Å². The lowest BCUT2D eigenvalue weighted by atomic mass is 10.6. The van der Waals surface area contributed by atoms with Gasteiger partial charge in [-0.3, -0.25) is 0 Å². The molecule has 14 heavy (non-hydrogen) atoms. The maximum absolute atomic E-state index is 11.1. The summed E-state index contributed by atoms with van der Waals surface area (Å²) in [7, 11) is -3.61. The third kappa shape index (κ3) is 2.05. The van der Waals surface area contributed by atoms with Gasteiger partial charge in [0, 0.05) is 6.04 Å². The van der Waals surface area contributed by atoms with Crippen LogP contribution in [0.3, 0.4) is 0 Å². The van der Waals surface area contributed by atoms with Gasteiger partial charge in [0.1, 0.15) is 0 Å². The Morgan fingerprint density at radius 1 is 1.57 bits per heavy atom. The minimum absolute atomic E-state index is 0.153. The molecule has 1 aliphatic rings. The SMILES string of the molecule is Cc1nc(NC2CC2)sc1S(N)(=O)=O. The Kier molecular flexibility index (Phi) is 2.24. The monoisotopic (exact) mass is 233 g/mol.